The fraction of sp³-hybridized carbons (Fsp3) is 0.263. The Balaban J connectivity index is 1.88. The summed E-state index contributed by atoms with van der Waals surface area (Å²) in [5.41, 5.74) is 3.37. The maximum Gasteiger partial charge on any atom is 0.127 e. The third kappa shape index (κ3) is 4.54. The number of aryl methyl sites for hydroxylation is 1. The molecule has 0 aliphatic rings. The number of ether oxygens (including phenoxy) is 2. The molecule has 0 heterocycles. The normalized spacial score (nSPS) is 9.77. The quantitative estimate of drug-likeness (QED) is 0.679. The molecular formula is C19H21NO2. The van der Waals surface area contributed by atoms with Crippen LogP contribution in [0.5, 0.6) is 11.5 Å². The summed E-state index contributed by atoms with van der Waals surface area (Å²) in [7, 11) is 3.31. The molecule has 22 heavy (non-hydrogen) atoms. The van der Waals surface area contributed by atoms with Gasteiger partial charge in [-0.15, -0.1) is 0 Å². The van der Waals surface area contributed by atoms with Crippen molar-refractivity contribution in [1.82, 2.24) is 5.32 Å². The summed E-state index contributed by atoms with van der Waals surface area (Å²) in [5, 5.41) is 3.30. The van der Waals surface area contributed by atoms with Crippen molar-refractivity contribution in [3.63, 3.8) is 0 Å². The Hall–Kier alpha value is -2.44. The number of rotatable bonds is 5. The van der Waals surface area contributed by atoms with E-state index in [0.29, 0.717) is 13.1 Å². The van der Waals surface area contributed by atoms with Crippen molar-refractivity contribution >= 4 is 0 Å². The van der Waals surface area contributed by atoms with E-state index in [-0.39, 0.29) is 0 Å². The molecule has 0 saturated carbocycles. The average Bonchev–Trinajstić information content (AvgIpc) is 2.56. The number of nitrogens with one attached hydrogen (secondary N) is 1. The van der Waals surface area contributed by atoms with Crippen molar-refractivity contribution in [3.05, 3.63) is 59.2 Å². The zero-order chi connectivity index (χ0) is 15.8. The van der Waals surface area contributed by atoms with E-state index in [2.05, 4.69) is 36.2 Å². The molecule has 0 amide bonds. The third-order valence-corrected chi connectivity index (χ3v) is 3.31. The van der Waals surface area contributed by atoms with E-state index in [4.69, 9.17) is 9.47 Å². The van der Waals surface area contributed by atoms with E-state index in [1.165, 1.54) is 5.56 Å². The van der Waals surface area contributed by atoms with Crippen LogP contribution >= 0.6 is 0 Å². The van der Waals surface area contributed by atoms with Gasteiger partial charge in [0.15, 0.2) is 0 Å². The zero-order valence-corrected chi connectivity index (χ0v) is 13.3. The highest BCUT2D eigenvalue weighted by Gasteiger charge is 2.03. The van der Waals surface area contributed by atoms with Crippen LogP contribution in [0, 0.1) is 18.8 Å². The Morgan fingerprint density at radius 1 is 1.00 bits per heavy atom. The summed E-state index contributed by atoms with van der Waals surface area (Å²) in [6.07, 6.45) is 0. The van der Waals surface area contributed by atoms with Gasteiger partial charge in [-0.25, -0.2) is 0 Å². The van der Waals surface area contributed by atoms with Crippen LogP contribution in [0.1, 0.15) is 16.7 Å². The van der Waals surface area contributed by atoms with Gasteiger partial charge in [0.1, 0.15) is 11.5 Å². The van der Waals surface area contributed by atoms with E-state index in [1.807, 2.05) is 30.3 Å². The molecule has 3 heteroatoms. The lowest BCUT2D eigenvalue weighted by Crippen LogP contribution is -2.14. The molecule has 0 radical (unpaired) electrons. The van der Waals surface area contributed by atoms with Crippen LogP contribution in [-0.2, 0) is 6.54 Å². The van der Waals surface area contributed by atoms with Crippen molar-refractivity contribution in [1.29, 1.82) is 0 Å². The molecule has 1 N–H and O–H groups in total. The predicted molar refractivity (Wildman–Crippen MR) is 89.3 cm³/mol. The van der Waals surface area contributed by atoms with Crippen molar-refractivity contribution in [3.8, 4) is 23.3 Å². The minimum Gasteiger partial charge on any atom is -0.497 e. The van der Waals surface area contributed by atoms with Crippen LogP contribution in [0.2, 0.25) is 0 Å². The molecule has 2 rings (SSSR count). The molecule has 0 aliphatic carbocycles. The first kappa shape index (κ1) is 15.9. The van der Waals surface area contributed by atoms with E-state index in [9.17, 15) is 0 Å². The van der Waals surface area contributed by atoms with Crippen LogP contribution in [0.15, 0.2) is 42.5 Å². The Morgan fingerprint density at radius 3 is 2.45 bits per heavy atom. The molecule has 0 atom stereocenters. The maximum absolute atomic E-state index is 5.37. The lowest BCUT2D eigenvalue weighted by atomic mass is 10.1. The summed E-state index contributed by atoms with van der Waals surface area (Å²) in [4.78, 5) is 0. The number of hydrogen-bond donors (Lipinski definition) is 1. The summed E-state index contributed by atoms with van der Waals surface area (Å²) >= 11 is 0. The average molecular weight is 295 g/mol. The summed E-state index contributed by atoms with van der Waals surface area (Å²) in [6, 6.07) is 14.0. The van der Waals surface area contributed by atoms with E-state index in [0.717, 1.165) is 22.6 Å². The van der Waals surface area contributed by atoms with E-state index >= 15 is 0 Å². The molecule has 114 valence electrons. The van der Waals surface area contributed by atoms with E-state index in [1.54, 1.807) is 14.2 Å². The van der Waals surface area contributed by atoms with Gasteiger partial charge < -0.3 is 14.8 Å². The maximum atomic E-state index is 5.37. The van der Waals surface area contributed by atoms with Crippen LogP contribution in [-0.4, -0.2) is 20.8 Å². The minimum atomic E-state index is 0.628. The van der Waals surface area contributed by atoms with Crippen LogP contribution in [0.3, 0.4) is 0 Å². The molecule has 2 aromatic carbocycles. The molecule has 0 aromatic heterocycles. The molecule has 0 fully saturated rings. The predicted octanol–water partition coefficient (Wildman–Crippen LogP) is 3.15. The van der Waals surface area contributed by atoms with Crippen molar-refractivity contribution in [2.45, 2.75) is 13.5 Å². The van der Waals surface area contributed by atoms with Gasteiger partial charge in [-0.1, -0.05) is 35.6 Å². The Morgan fingerprint density at radius 2 is 1.77 bits per heavy atom. The highest BCUT2D eigenvalue weighted by Crippen LogP contribution is 2.24. The van der Waals surface area contributed by atoms with Crippen molar-refractivity contribution in [2.24, 2.45) is 0 Å². The third-order valence-electron chi connectivity index (χ3n) is 3.31. The molecule has 0 saturated heterocycles. The van der Waals surface area contributed by atoms with Gasteiger partial charge in [0, 0.05) is 23.7 Å². The zero-order valence-electron chi connectivity index (χ0n) is 13.3. The molecule has 2 aromatic rings. The second kappa shape index (κ2) is 8.11. The standard InChI is InChI=1S/C19H21NO2/c1-15-6-8-16(9-7-15)5-4-12-20-14-17-10-11-18(21-2)13-19(17)22-3/h6-11,13,20H,12,14H2,1-3H3. The Labute approximate surface area is 132 Å². The highest BCUT2D eigenvalue weighted by atomic mass is 16.5. The molecule has 0 spiro atoms. The molecule has 0 bridgehead atoms. The van der Waals surface area contributed by atoms with E-state index < -0.39 is 0 Å². The first-order valence-electron chi connectivity index (χ1n) is 7.20. The van der Waals surface area contributed by atoms with Gasteiger partial charge in [-0.3, -0.25) is 0 Å². The molecule has 0 unspecified atom stereocenters. The lowest BCUT2D eigenvalue weighted by molar-refractivity contribution is 0.390. The van der Waals surface area contributed by atoms with Gasteiger partial charge in [-0.2, -0.15) is 0 Å². The molecular weight excluding hydrogens is 274 g/mol. The molecule has 3 nitrogen and oxygen atoms in total. The van der Waals surface area contributed by atoms with Gasteiger partial charge in [0.25, 0.3) is 0 Å². The SMILES string of the molecule is COc1ccc(CNCC#Cc2ccc(C)cc2)c(OC)c1. The van der Waals surface area contributed by atoms with Gasteiger partial charge in [0.2, 0.25) is 0 Å². The number of benzene rings is 2. The second-order valence-corrected chi connectivity index (χ2v) is 4.95. The van der Waals surface area contributed by atoms with Crippen molar-refractivity contribution in [2.75, 3.05) is 20.8 Å². The van der Waals surface area contributed by atoms with Gasteiger partial charge in [-0.05, 0) is 25.1 Å². The van der Waals surface area contributed by atoms with Crippen LogP contribution in [0.4, 0.5) is 0 Å². The van der Waals surface area contributed by atoms with Crippen LogP contribution in [0.25, 0.3) is 0 Å². The fourth-order valence-corrected chi connectivity index (χ4v) is 2.04. The topological polar surface area (TPSA) is 30.5 Å². The monoisotopic (exact) mass is 295 g/mol. The fourth-order valence-electron chi connectivity index (χ4n) is 2.04. The molecule has 0 aliphatic heterocycles. The lowest BCUT2D eigenvalue weighted by Gasteiger charge is -2.10. The summed E-state index contributed by atoms with van der Waals surface area (Å²) in [5.74, 6) is 7.88. The summed E-state index contributed by atoms with van der Waals surface area (Å²) < 4.78 is 10.6. The minimum absolute atomic E-state index is 0.628. The summed E-state index contributed by atoms with van der Waals surface area (Å²) in [6.45, 7) is 3.40. The number of methoxy groups -OCH3 is 2. The smallest absolute Gasteiger partial charge is 0.127 e. The van der Waals surface area contributed by atoms with Crippen molar-refractivity contribution < 1.29 is 9.47 Å². The second-order valence-electron chi connectivity index (χ2n) is 4.95. The Kier molecular flexibility index (Phi) is 5.88. The van der Waals surface area contributed by atoms with Gasteiger partial charge in [0.05, 0.1) is 20.8 Å². The Bertz CT molecular complexity index is 666. The first-order chi connectivity index (χ1) is 10.7. The number of hydrogen-bond acceptors (Lipinski definition) is 3. The largest absolute Gasteiger partial charge is 0.497 e. The first-order valence-corrected chi connectivity index (χ1v) is 7.20. The van der Waals surface area contributed by atoms with Crippen LogP contribution < -0.4 is 14.8 Å². The highest BCUT2D eigenvalue weighted by molar-refractivity contribution is 5.41. The van der Waals surface area contributed by atoms with Gasteiger partial charge >= 0.3 is 0 Å².